The average Bonchev–Trinajstić information content (AvgIpc) is 2.87. The van der Waals surface area contributed by atoms with Gasteiger partial charge in [-0.2, -0.15) is 0 Å². The average molecular weight is 477 g/mol. The Morgan fingerprint density at radius 3 is 2.18 bits per heavy atom. The molecule has 7 heteroatoms. The highest BCUT2D eigenvalue weighted by Gasteiger charge is 2.25. The second-order valence-corrected chi connectivity index (χ2v) is 10.5. The second-order valence-electron chi connectivity index (χ2n) is 8.62. The highest BCUT2D eigenvalue weighted by Crippen LogP contribution is 2.29. The van der Waals surface area contributed by atoms with Crippen LogP contribution in [0, 0.1) is 5.82 Å². The van der Waals surface area contributed by atoms with Crippen LogP contribution >= 0.6 is 0 Å². The first-order valence-electron chi connectivity index (χ1n) is 11.4. The van der Waals surface area contributed by atoms with Crippen LogP contribution in [0.2, 0.25) is 0 Å². The minimum Gasteiger partial charge on any atom is -0.369 e. The summed E-state index contributed by atoms with van der Waals surface area (Å²) in [5.74, 6) is -0.507. The van der Waals surface area contributed by atoms with E-state index in [2.05, 4.69) is 0 Å². The van der Waals surface area contributed by atoms with Gasteiger partial charge in [-0.05, 0) is 49.1 Å². The Kier molecular flexibility index (Phi) is 5.96. The molecule has 0 radical (unpaired) electrons. The standard InChI is InChI=1S/C27H25FN2O3S/c28-23-16-22-24(17-25(23)29-14-8-3-9-15-29)30(18-20-10-4-1-5-11-20)19-26(27(22)31)34(32,33)21-12-6-2-7-13-21/h1-2,4-7,10-13,16-17,19H,3,8-9,14-15,18H2. The summed E-state index contributed by atoms with van der Waals surface area (Å²) in [4.78, 5) is 15.1. The topological polar surface area (TPSA) is 59.4 Å². The fourth-order valence-corrected chi connectivity index (χ4v) is 5.97. The predicted octanol–water partition coefficient (Wildman–Crippen LogP) is 5.01. The zero-order valence-electron chi connectivity index (χ0n) is 18.7. The van der Waals surface area contributed by atoms with Gasteiger partial charge in [0.25, 0.3) is 0 Å². The van der Waals surface area contributed by atoms with Gasteiger partial charge in [0.1, 0.15) is 10.7 Å². The summed E-state index contributed by atoms with van der Waals surface area (Å²) in [5, 5.41) is 0.0613. The van der Waals surface area contributed by atoms with Gasteiger partial charge < -0.3 is 9.47 Å². The van der Waals surface area contributed by atoms with Crippen LogP contribution in [0.3, 0.4) is 0 Å². The van der Waals surface area contributed by atoms with E-state index in [1.807, 2.05) is 35.2 Å². The van der Waals surface area contributed by atoms with Crippen LogP contribution in [0.25, 0.3) is 10.9 Å². The van der Waals surface area contributed by atoms with E-state index in [4.69, 9.17) is 0 Å². The summed E-state index contributed by atoms with van der Waals surface area (Å²) in [6.45, 7) is 1.86. The fourth-order valence-electron chi connectivity index (χ4n) is 4.58. The van der Waals surface area contributed by atoms with Crippen LogP contribution in [0.1, 0.15) is 24.8 Å². The number of nitrogens with zero attached hydrogens (tertiary/aromatic N) is 2. The zero-order valence-corrected chi connectivity index (χ0v) is 19.5. The summed E-state index contributed by atoms with van der Waals surface area (Å²) in [5.41, 5.74) is 1.22. The first kappa shape index (κ1) is 22.3. The molecule has 174 valence electrons. The minimum absolute atomic E-state index is 0.0307. The number of pyridine rings is 1. The lowest BCUT2D eigenvalue weighted by atomic mass is 10.1. The molecule has 1 fully saturated rings. The number of piperidine rings is 1. The lowest BCUT2D eigenvalue weighted by Crippen LogP contribution is -2.30. The molecule has 5 nitrogen and oxygen atoms in total. The molecular formula is C27H25FN2O3S. The van der Waals surface area contributed by atoms with Crippen LogP contribution in [0.4, 0.5) is 10.1 Å². The molecule has 0 bridgehead atoms. The van der Waals surface area contributed by atoms with Gasteiger partial charge in [-0.25, -0.2) is 12.8 Å². The molecule has 0 unspecified atom stereocenters. The molecule has 4 aromatic rings. The maximum absolute atomic E-state index is 15.3. The number of fused-ring (bicyclic) bond motifs is 1. The summed E-state index contributed by atoms with van der Waals surface area (Å²) < 4.78 is 43.8. The first-order valence-corrected chi connectivity index (χ1v) is 12.9. The van der Waals surface area contributed by atoms with E-state index in [-0.39, 0.29) is 15.2 Å². The van der Waals surface area contributed by atoms with Crippen molar-refractivity contribution in [3.05, 3.63) is 101 Å². The maximum atomic E-state index is 15.3. The summed E-state index contributed by atoms with van der Waals surface area (Å²) in [7, 11) is -4.09. The van der Waals surface area contributed by atoms with Crippen LogP contribution < -0.4 is 10.3 Å². The highest BCUT2D eigenvalue weighted by atomic mass is 32.2. The lowest BCUT2D eigenvalue weighted by molar-refractivity contribution is 0.557. The van der Waals surface area contributed by atoms with Gasteiger partial charge in [-0.1, -0.05) is 48.5 Å². The third kappa shape index (κ3) is 4.12. The molecule has 5 rings (SSSR count). The number of anilines is 1. The molecule has 0 atom stereocenters. The van der Waals surface area contributed by atoms with Crippen molar-refractivity contribution < 1.29 is 12.8 Å². The Bertz CT molecular complexity index is 1490. The fraction of sp³-hybridized carbons (Fsp3) is 0.222. The molecule has 1 aromatic heterocycles. The van der Waals surface area contributed by atoms with E-state index in [9.17, 15) is 13.2 Å². The number of benzene rings is 3. The van der Waals surface area contributed by atoms with Crippen molar-refractivity contribution in [3.8, 4) is 0 Å². The Morgan fingerprint density at radius 1 is 0.853 bits per heavy atom. The number of hydrogen-bond donors (Lipinski definition) is 0. The SMILES string of the molecule is O=c1c(S(=O)(=O)c2ccccc2)cn(Cc2ccccc2)c2cc(N3CCCCC3)c(F)cc12. The van der Waals surface area contributed by atoms with E-state index < -0.39 is 21.1 Å². The molecule has 1 aliphatic rings. The summed E-state index contributed by atoms with van der Waals surface area (Å²) >= 11 is 0. The largest absolute Gasteiger partial charge is 0.369 e. The highest BCUT2D eigenvalue weighted by molar-refractivity contribution is 7.91. The quantitative estimate of drug-likeness (QED) is 0.406. The van der Waals surface area contributed by atoms with E-state index in [1.54, 1.807) is 28.8 Å². The number of sulfone groups is 1. The van der Waals surface area contributed by atoms with Gasteiger partial charge in [0.05, 0.1) is 21.5 Å². The van der Waals surface area contributed by atoms with Crippen molar-refractivity contribution >= 4 is 26.4 Å². The minimum atomic E-state index is -4.09. The van der Waals surface area contributed by atoms with Crippen molar-refractivity contribution in [1.82, 2.24) is 4.57 Å². The molecule has 1 aliphatic heterocycles. The molecule has 1 saturated heterocycles. The van der Waals surface area contributed by atoms with Crippen molar-refractivity contribution in [2.45, 2.75) is 35.6 Å². The molecule has 0 saturated carbocycles. The third-order valence-corrected chi connectivity index (χ3v) is 8.11. The molecule has 3 aromatic carbocycles. The number of aromatic nitrogens is 1. The number of halogens is 1. The molecule has 0 aliphatic carbocycles. The van der Waals surface area contributed by atoms with Crippen LogP contribution in [0.15, 0.2) is 93.6 Å². The Hall–Kier alpha value is -3.45. The van der Waals surface area contributed by atoms with Crippen molar-refractivity contribution in [2.75, 3.05) is 18.0 Å². The third-order valence-electron chi connectivity index (χ3n) is 6.35. The van der Waals surface area contributed by atoms with E-state index in [0.29, 0.717) is 17.7 Å². The molecule has 0 amide bonds. The van der Waals surface area contributed by atoms with E-state index in [0.717, 1.165) is 37.9 Å². The van der Waals surface area contributed by atoms with E-state index in [1.165, 1.54) is 24.4 Å². The van der Waals surface area contributed by atoms with Crippen LogP contribution in [-0.4, -0.2) is 26.1 Å². The smallest absolute Gasteiger partial charge is 0.211 e. The van der Waals surface area contributed by atoms with E-state index >= 15 is 4.39 Å². The number of hydrogen-bond acceptors (Lipinski definition) is 4. The van der Waals surface area contributed by atoms with Gasteiger partial charge in [0.15, 0.2) is 0 Å². The molecule has 2 heterocycles. The van der Waals surface area contributed by atoms with Gasteiger partial charge in [-0.15, -0.1) is 0 Å². The molecule has 0 spiro atoms. The van der Waals surface area contributed by atoms with Gasteiger partial charge in [-0.3, -0.25) is 4.79 Å². The van der Waals surface area contributed by atoms with Gasteiger partial charge in [0, 0.05) is 25.8 Å². The van der Waals surface area contributed by atoms with Gasteiger partial charge in [0.2, 0.25) is 15.3 Å². The zero-order chi connectivity index (χ0) is 23.7. The van der Waals surface area contributed by atoms with Crippen LogP contribution in [-0.2, 0) is 16.4 Å². The van der Waals surface area contributed by atoms with Crippen molar-refractivity contribution in [2.24, 2.45) is 0 Å². The Labute approximate surface area is 198 Å². The van der Waals surface area contributed by atoms with Crippen molar-refractivity contribution in [3.63, 3.8) is 0 Å². The lowest BCUT2D eigenvalue weighted by Gasteiger charge is -2.29. The second kappa shape index (κ2) is 9.06. The van der Waals surface area contributed by atoms with Crippen molar-refractivity contribution in [1.29, 1.82) is 0 Å². The first-order chi connectivity index (χ1) is 16.4. The Balaban J connectivity index is 1.75. The van der Waals surface area contributed by atoms with Gasteiger partial charge >= 0.3 is 0 Å². The van der Waals surface area contributed by atoms with Crippen LogP contribution in [0.5, 0.6) is 0 Å². The predicted molar refractivity (Wildman–Crippen MR) is 132 cm³/mol. The normalized spacial score (nSPS) is 14.4. The number of rotatable bonds is 5. The summed E-state index contributed by atoms with van der Waals surface area (Å²) in [6, 6.07) is 20.3. The molecule has 0 N–H and O–H groups in total. The molecule has 34 heavy (non-hydrogen) atoms. The maximum Gasteiger partial charge on any atom is 0.211 e. The summed E-state index contributed by atoms with van der Waals surface area (Å²) in [6.07, 6.45) is 4.49. The monoisotopic (exact) mass is 476 g/mol. The Morgan fingerprint density at radius 2 is 1.50 bits per heavy atom. The molecular weight excluding hydrogens is 451 g/mol.